The molecule has 0 spiro atoms. The molecule has 2 aromatic rings. The van der Waals surface area contributed by atoms with E-state index < -0.39 is 0 Å². The number of aromatic nitrogens is 1. The molecule has 1 aromatic heterocycles. The zero-order valence-corrected chi connectivity index (χ0v) is 23.1. The molecule has 4 aliphatic rings. The highest BCUT2D eigenvalue weighted by Gasteiger charge is 2.60. The standard InChI is InChI=1S/C31H39FN2O2S/c1-4-5-9-27(35)36-26-13-12-22-21-10-11-24-28-25(15-17-30(24,2)23(21)14-16-31(22,26)3)34-29(37-28)33-20-8-6-7-19(32)18-20/h6-8,11,18,21-23,26H,4-5,9-10,12-17H2,1-3H3,(H,33,34)/t21-,22-,23-,26-,30+,31-/m0/s1. The lowest BCUT2D eigenvalue weighted by Crippen LogP contribution is -2.50. The molecule has 6 rings (SSSR count). The van der Waals surface area contributed by atoms with Crippen molar-refractivity contribution in [2.24, 2.45) is 28.6 Å². The molecular weight excluding hydrogens is 483 g/mol. The average Bonchev–Trinajstić information content (AvgIpc) is 3.42. The Balaban J connectivity index is 1.23. The number of unbranched alkanes of at least 4 members (excludes halogenated alkanes) is 1. The maximum Gasteiger partial charge on any atom is 0.306 e. The van der Waals surface area contributed by atoms with Gasteiger partial charge in [-0.1, -0.05) is 50.7 Å². The number of rotatable bonds is 6. The largest absolute Gasteiger partial charge is 0.462 e. The van der Waals surface area contributed by atoms with E-state index in [1.807, 2.05) is 6.07 Å². The van der Waals surface area contributed by atoms with Gasteiger partial charge in [0.25, 0.3) is 0 Å². The monoisotopic (exact) mass is 522 g/mol. The molecule has 1 N–H and O–H groups in total. The van der Waals surface area contributed by atoms with Gasteiger partial charge < -0.3 is 10.1 Å². The lowest BCUT2D eigenvalue weighted by Gasteiger charge is -2.56. The van der Waals surface area contributed by atoms with Crippen molar-refractivity contribution in [1.82, 2.24) is 4.98 Å². The molecule has 0 unspecified atom stereocenters. The Kier molecular flexibility index (Phi) is 6.45. The Morgan fingerprint density at radius 3 is 2.89 bits per heavy atom. The summed E-state index contributed by atoms with van der Waals surface area (Å²) in [6.45, 7) is 7.03. The Morgan fingerprint density at radius 1 is 1.22 bits per heavy atom. The zero-order chi connectivity index (χ0) is 25.8. The van der Waals surface area contributed by atoms with Crippen LogP contribution in [-0.2, 0) is 16.0 Å². The van der Waals surface area contributed by atoms with E-state index in [1.54, 1.807) is 17.4 Å². The van der Waals surface area contributed by atoms with E-state index in [9.17, 15) is 9.18 Å². The normalized spacial score (nSPS) is 34.0. The number of aryl methyl sites for hydroxylation is 1. The highest BCUT2D eigenvalue weighted by molar-refractivity contribution is 7.16. The fourth-order valence-corrected chi connectivity index (χ4v) is 9.51. The van der Waals surface area contributed by atoms with E-state index in [1.165, 1.54) is 41.1 Å². The number of halogens is 1. The molecule has 4 aliphatic carbocycles. The van der Waals surface area contributed by atoms with Gasteiger partial charge in [0.15, 0.2) is 5.13 Å². The third-order valence-electron chi connectivity index (χ3n) is 10.3. The molecule has 198 valence electrons. The molecule has 2 saturated carbocycles. The first kappa shape index (κ1) is 25.1. The Hall–Kier alpha value is -2.21. The van der Waals surface area contributed by atoms with Crippen LogP contribution >= 0.6 is 11.3 Å². The summed E-state index contributed by atoms with van der Waals surface area (Å²) in [4.78, 5) is 18.7. The molecule has 1 aromatic carbocycles. The van der Waals surface area contributed by atoms with Gasteiger partial charge in [-0.15, -0.1) is 0 Å². The van der Waals surface area contributed by atoms with Gasteiger partial charge in [0.1, 0.15) is 11.9 Å². The number of allylic oxidation sites excluding steroid dienone is 2. The van der Waals surface area contributed by atoms with Gasteiger partial charge in [0.2, 0.25) is 0 Å². The van der Waals surface area contributed by atoms with Gasteiger partial charge in [0.05, 0.1) is 10.6 Å². The van der Waals surface area contributed by atoms with E-state index in [4.69, 9.17) is 9.72 Å². The van der Waals surface area contributed by atoms with Crippen LogP contribution in [0.5, 0.6) is 0 Å². The van der Waals surface area contributed by atoms with Crippen LogP contribution < -0.4 is 5.32 Å². The molecule has 1 heterocycles. The van der Waals surface area contributed by atoms with Crippen molar-refractivity contribution in [2.75, 3.05) is 5.32 Å². The number of nitrogens with one attached hydrogen (secondary N) is 1. The third-order valence-corrected chi connectivity index (χ3v) is 11.3. The minimum absolute atomic E-state index is 0.00120. The van der Waals surface area contributed by atoms with Crippen molar-refractivity contribution >= 4 is 33.7 Å². The molecule has 0 bridgehead atoms. The molecular formula is C31H39FN2O2S. The lowest BCUT2D eigenvalue weighted by molar-refractivity contribution is -0.159. The first-order valence-electron chi connectivity index (χ1n) is 14.2. The minimum atomic E-state index is -0.242. The predicted octanol–water partition coefficient (Wildman–Crippen LogP) is 8.31. The van der Waals surface area contributed by atoms with Crippen LogP contribution in [0, 0.1) is 34.4 Å². The number of carbonyl (C=O) groups excluding carboxylic acids is 1. The number of anilines is 2. The quantitative estimate of drug-likeness (QED) is 0.388. The average molecular weight is 523 g/mol. The van der Waals surface area contributed by atoms with E-state index in [0.717, 1.165) is 55.8 Å². The van der Waals surface area contributed by atoms with Crippen molar-refractivity contribution in [2.45, 2.75) is 91.1 Å². The van der Waals surface area contributed by atoms with Crippen LogP contribution in [0.15, 0.2) is 30.3 Å². The van der Waals surface area contributed by atoms with E-state index in [0.29, 0.717) is 24.2 Å². The fourth-order valence-electron chi connectivity index (χ4n) is 8.30. The molecule has 0 aliphatic heterocycles. The lowest BCUT2D eigenvalue weighted by atomic mass is 9.48. The molecule has 4 nitrogen and oxygen atoms in total. The number of ether oxygens (including phenoxy) is 1. The van der Waals surface area contributed by atoms with Gasteiger partial charge in [0, 0.05) is 17.5 Å². The van der Waals surface area contributed by atoms with Crippen molar-refractivity contribution in [3.8, 4) is 0 Å². The van der Waals surface area contributed by atoms with Gasteiger partial charge >= 0.3 is 5.97 Å². The van der Waals surface area contributed by atoms with Crippen LogP contribution in [0.4, 0.5) is 15.2 Å². The Labute approximate surface area is 224 Å². The van der Waals surface area contributed by atoms with Gasteiger partial charge in [-0.2, -0.15) is 0 Å². The van der Waals surface area contributed by atoms with E-state index >= 15 is 0 Å². The van der Waals surface area contributed by atoms with Crippen molar-refractivity contribution in [3.63, 3.8) is 0 Å². The number of nitrogens with zero attached hydrogens (tertiary/aromatic N) is 1. The molecule has 37 heavy (non-hydrogen) atoms. The summed E-state index contributed by atoms with van der Waals surface area (Å²) in [5, 5.41) is 4.18. The van der Waals surface area contributed by atoms with E-state index in [2.05, 4.69) is 32.2 Å². The minimum Gasteiger partial charge on any atom is -0.462 e. The maximum absolute atomic E-state index is 13.7. The number of carbonyl (C=O) groups is 1. The van der Waals surface area contributed by atoms with Crippen LogP contribution in [-0.4, -0.2) is 17.1 Å². The van der Waals surface area contributed by atoms with Crippen molar-refractivity contribution in [3.05, 3.63) is 46.7 Å². The number of hydrogen-bond donors (Lipinski definition) is 1. The first-order chi connectivity index (χ1) is 17.8. The predicted molar refractivity (Wildman–Crippen MR) is 147 cm³/mol. The summed E-state index contributed by atoms with van der Waals surface area (Å²) in [7, 11) is 0. The molecule has 6 heteroatoms. The van der Waals surface area contributed by atoms with Crippen molar-refractivity contribution < 1.29 is 13.9 Å². The fraction of sp³-hybridized carbons (Fsp3) is 0.613. The summed E-state index contributed by atoms with van der Waals surface area (Å²) >= 11 is 1.72. The smallest absolute Gasteiger partial charge is 0.306 e. The highest BCUT2D eigenvalue weighted by atomic mass is 32.1. The number of fused-ring (bicyclic) bond motifs is 7. The second kappa shape index (κ2) is 9.52. The molecule has 6 atom stereocenters. The second-order valence-corrected chi connectivity index (χ2v) is 13.3. The summed E-state index contributed by atoms with van der Waals surface area (Å²) in [5.41, 5.74) is 3.69. The molecule has 0 amide bonds. The number of hydrogen-bond acceptors (Lipinski definition) is 5. The highest BCUT2D eigenvalue weighted by Crippen LogP contribution is 2.66. The van der Waals surface area contributed by atoms with Crippen molar-refractivity contribution in [1.29, 1.82) is 0 Å². The number of benzene rings is 1. The second-order valence-electron chi connectivity index (χ2n) is 12.3. The molecule has 2 fully saturated rings. The van der Waals surface area contributed by atoms with Crippen LogP contribution in [0.2, 0.25) is 0 Å². The Bertz CT molecular complexity index is 1220. The maximum atomic E-state index is 13.7. The topological polar surface area (TPSA) is 51.2 Å². The van der Waals surface area contributed by atoms with Gasteiger partial charge in [-0.25, -0.2) is 9.37 Å². The SMILES string of the molecule is CCCCC(=O)O[C@H]1CC[C@H]2[C@@H]3CC=C4c5sc(Nc6cccc(F)c6)nc5CC[C@]4(C)[C@H]3CC[C@]12C. The Morgan fingerprint density at radius 2 is 2.08 bits per heavy atom. The van der Waals surface area contributed by atoms with Crippen LogP contribution in [0.3, 0.4) is 0 Å². The third kappa shape index (κ3) is 4.24. The molecule has 0 radical (unpaired) electrons. The number of thiazole rings is 1. The molecule has 0 saturated heterocycles. The van der Waals surface area contributed by atoms with Crippen LogP contribution in [0.25, 0.3) is 5.57 Å². The summed E-state index contributed by atoms with van der Waals surface area (Å²) in [6.07, 6.45) is 12.9. The number of esters is 1. The summed E-state index contributed by atoms with van der Waals surface area (Å²) < 4.78 is 19.8. The van der Waals surface area contributed by atoms with E-state index in [-0.39, 0.29) is 28.7 Å². The first-order valence-corrected chi connectivity index (χ1v) is 15.1. The summed E-state index contributed by atoms with van der Waals surface area (Å²) in [5.74, 6) is 1.70. The van der Waals surface area contributed by atoms with Gasteiger partial charge in [-0.05, 0) is 98.3 Å². The van der Waals surface area contributed by atoms with Gasteiger partial charge in [-0.3, -0.25) is 4.79 Å². The zero-order valence-electron chi connectivity index (χ0n) is 22.3. The van der Waals surface area contributed by atoms with Crippen LogP contribution in [0.1, 0.15) is 89.1 Å². The summed E-state index contributed by atoms with van der Waals surface area (Å²) in [6, 6.07) is 6.59.